The van der Waals surface area contributed by atoms with Crippen LogP contribution in [0.15, 0.2) is 53.4 Å². The predicted octanol–water partition coefficient (Wildman–Crippen LogP) is 2.11. The van der Waals surface area contributed by atoms with Gasteiger partial charge in [0.05, 0.1) is 35.8 Å². The number of anilines is 1. The van der Waals surface area contributed by atoms with Crippen molar-refractivity contribution in [3.63, 3.8) is 0 Å². The number of hydrogen-bond donors (Lipinski definition) is 2. The zero-order valence-corrected chi connectivity index (χ0v) is 19.6. The molecule has 0 bridgehead atoms. The summed E-state index contributed by atoms with van der Waals surface area (Å²) in [6.07, 6.45) is 1.12. The number of ether oxygens (including phenoxy) is 2. The molecule has 3 rings (SSSR count). The second-order valence-corrected chi connectivity index (χ2v) is 9.60. The van der Waals surface area contributed by atoms with Crippen molar-refractivity contribution in [2.45, 2.75) is 17.7 Å². The molecular formula is C23H29N3O6S. The normalized spacial score (nSPS) is 16.7. The zero-order valence-electron chi connectivity index (χ0n) is 18.7. The molecule has 0 unspecified atom stereocenters. The molecule has 1 atom stereocenters. The average Bonchev–Trinajstić information content (AvgIpc) is 2.84. The molecule has 1 heterocycles. The van der Waals surface area contributed by atoms with Gasteiger partial charge in [-0.3, -0.25) is 9.59 Å². The van der Waals surface area contributed by atoms with Gasteiger partial charge < -0.3 is 20.1 Å². The fraction of sp³-hybridized carbons (Fsp3) is 0.391. The van der Waals surface area contributed by atoms with Gasteiger partial charge >= 0.3 is 0 Å². The monoisotopic (exact) mass is 475 g/mol. The van der Waals surface area contributed by atoms with Gasteiger partial charge in [-0.2, -0.15) is 4.31 Å². The Morgan fingerprint density at radius 2 is 1.82 bits per heavy atom. The van der Waals surface area contributed by atoms with Crippen molar-refractivity contribution in [2.75, 3.05) is 45.8 Å². The van der Waals surface area contributed by atoms with Crippen LogP contribution in [0.25, 0.3) is 0 Å². The molecule has 0 aromatic heterocycles. The molecule has 1 saturated heterocycles. The first kappa shape index (κ1) is 24.7. The molecule has 1 aliphatic rings. The molecule has 1 fully saturated rings. The summed E-state index contributed by atoms with van der Waals surface area (Å²) in [4.78, 5) is 25.6. The van der Waals surface area contributed by atoms with E-state index in [1.807, 2.05) is 0 Å². The Bertz CT molecular complexity index is 1070. The number of para-hydroxylation sites is 1. The van der Waals surface area contributed by atoms with Crippen molar-refractivity contribution in [3.05, 3.63) is 54.1 Å². The molecule has 10 heteroatoms. The fourth-order valence-electron chi connectivity index (χ4n) is 3.66. The van der Waals surface area contributed by atoms with Crippen LogP contribution in [-0.4, -0.2) is 65.0 Å². The van der Waals surface area contributed by atoms with Gasteiger partial charge in [-0.1, -0.05) is 12.1 Å². The number of sulfonamides is 1. The summed E-state index contributed by atoms with van der Waals surface area (Å²) in [5, 5.41) is 5.54. The number of amides is 2. The molecule has 1 aliphatic heterocycles. The van der Waals surface area contributed by atoms with E-state index >= 15 is 0 Å². The lowest BCUT2D eigenvalue weighted by Gasteiger charge is -2.31. The van der Waals surface area contributed by atoms with Gasteiger partial charge in [-0.25, -0.2) is 8.42 Å². The number of carbonyl (C=O) groups excluding carboxylic acids is 2. The summed E-state index contributed by atoms with van der Waals surface area (Å²) in [7, 11) is -0.682. The highest BCUT2D eigenvalue weighted by molar-refractivity contribution is 7.89. The van der Waals surface area contributed by atoms with Gasteiger partial charge in [0.25, 0.3) is 5.91 Å². The van der Waals surface area contributed by atoms with Crippen LogP contribution < -0.4 is 15.4 Å². The molecule has 0 saturated carbocycles. The molecule has 0 spiro atoms. The number of nitrogens with zero attached hydrogens (tertiary/aromatic N) is 1. The van der Waals surface area contributed by atoms with E-state index in [1.54, 1.807) is 43.5 Å². The summed E-state index contributed by atoms with van der Waals surface area (Å²) in [5.41, 5.74) is 0.716. The summed E-state index contributed by atoms with van der Waals surface area (Å²) in [5.74, 6) is -0.608. The number of carbonyl (C=O) groups is 2. The topological polar surface area (TPSA) is 114 Å². The van der Waals surface area contributed by atoms with E-state index in [2.05, 4.69) is 10.6 Å². The summed E-state index contributed by atoms with van der Waals surface area (Å²) in [6.45, 7) is 1.14. The van der Waals surface area contributed by atoms with Crippen LogP contribution in [0.2, 0.25) is 0 Å². The van der Waals surface area contributed by atoms with Gasteiger partial charge in [0.15, 0.2) is 0 Å². The van der Waals surface area contributed by atoms with E-state index in [1.165, 1.54) is 23.5 Å². The van der Waals surface area contributed by atoms with Crippen LogP contribution in [0.1, 0.15) is 23.2 Å². The number of nitrogens with one attached hydrogen (secondary N) is 2. The van der Waals surface area contributed by atoms with Crippen LogP contribution in [0.5, 0.6) is 5.75 Å². The van der Waals surface area contributed by atoms with Crippen molar-refractivity contribution < 1.29 is 27.5 Å². The lowest BCUT2D eigenvalue weighted by molar-refractivity contribution is -0.120. The van der Waals surface area contributed by atoms with E-state index in [4.69, 9.17) is 9.47 Å². The van der Waals surface area contributed by atoms with Gasteiger partial charge in [0.2, 0.25) is 15.9 Å². The third-order valence-electron chi connectivity index (χ3n) is 5.47. The first-order chi connectivity index (χ1) is 15.9. The highest BCUT2D eigenvalue weighted by Gasteiger charge is 2.33. The maximum atomic E-state index is 13.1. The highest BCUT2D eigenvalue weighted by Crippen LogP contribution is 2.26. The Morgan fingerprint density at radius 3 is 2.52 bits per heavy atom. The Morgan fingerprint density at radius 1 is 1.09 bits per heavy atom. The zero-order chi connectivity index (χ0) is 23.8. The Balaban J connectivity index is 1.69. The van der Waals surface area contributed by atoms with E-state index in [0.29, 0.717) is 49.5 Å². The minimum absolute atomic E-state index is 0.0718. The van der Waals surface area contributed by atoms with Gasteiger partial charge in [-0.05, 0) is 49.2 Å². The largest absolute Gasteiger partial charge is 0.497 e. The Hall–Kier alpha value is -2.95. The number of benzene rings is 2. The number of piperidine rings is 1. The maximum absolute atomic E-state index is 13.1. The molecule has 0 aliphatic carbocycles. The standard InChI is InChI=1S/C23H29N3O6S/c1-31-15-13-24-23(28)20-7-3-4-8-21(20)25-22(27)17-6-5-14-26(16-17)33(29,30)19-11-9-18(32-2)10-12-19/h3-4,7-12,17H,5-6,13-16H2,1-2H3,(H,24,28)(H,25,27)/t17-/m1/s1. The van der Waals surface area contributed by atoms with E-state index in [9.17, 15) is 18.0 Å². The minimum Gasteiger partial charge on any atom is -0.497 e. The van der Waals surface area contributed by atoms with Crippen molar-refractivity contribution in [1.29, 1.82) is 0 Å². The summed E-state index contributed by atoms with van der Waals surface area (Å²) >= 11 is 0. The number of rotatable bonds is 9. The molecule has 0 radical (unpaired) electrons. The molecule has 2 aromatic carbocycles. The molecule has 178 valence electrons. The van der Waals surface area contributed by atoms with Crippen LogP contribution in [-0.2, 0) is 19.6 Å². The molecule has 9 nitrogen and oxygen atoms in total. The van der Waals surface area contributed by atoms with Crippen LogP contribution in [0, 0.1) is 5.92 Å². The van der Waals surface area contributed by atoms with Gasteiger partial charge in [0.1, 0.15) is 5.75 Å². The Labute approximate surface area is 194 Å². The smallest absolute Gasteiger partial charge is 0.253 e. The summed E-state index contributed by atoms with van der Waals surface area (Å²) < 4.78 is 37.5. The van der Waals surface area contributed by atoms with Crippen LogP contribution in [0.3, 0.4) is 0 Å². The SMILES string of the molecule is COCCNC(=O)c1ccccc1NC(=O)[C@@H]1CCCN(S(=O)(=O)c2ccc(OC)cc2)C1. The highest BCUT2D eigenvalue weighted by atomic mass is 32.2. The third kappa shape index (κ3) is 6.10. The molecule has 2 amide bonds. The Kier molecular flexibility index (Phi) is 8.43. The second-order valence-electron chi connectivity index (χ2n) is 7.66. The maximum Gasteiger partial charge on any atom is 0.253 e. The van der Waals surface area contributed by atoms with E-state index < -0.39 is 15.9 Å². The number of hydrogen-bond acceptors (Lipinski definition) is 6. The van der Waals surface area contributed by atoms with Crippen molar-refractivity contribution in [2.24, 2.45) is 5.92 Å². The van der Waals surface area contributed by atoms with E-state index in [0.717, 1.165) is 0 Å². The molecule has 2 aromatic rings. The van der Waals surface area contributed by atoms with Gasteiger partial charge in [-0.15, -0.1) is 0 Å². The first-order valence-electron chi connectivity index (χ1n) is 10.7. The molecular weight excluding hydrogens is 446 g/mol. The first-order valence-corrected chi connectivity index (χ1v) is 12.1. The fourth-order valence-corrected chi connectivity index (χ4v) is 5.18. The van der Waals surface area contributed by atoms with Gasteiger partial charge in [0, 0.05) is 26.7 Å². The molecule has 33 heavy (non-hydrogen) atoms. The lowest BCUT2D eigenvalue weighted by Crippen LogP contribution is -2.43. The van der Waals surface area contributed by atoms with Crippen molar-refractivity contribution in [3.8, 4) is 5.75 Å². The second kappa shape index (κ2) is 11.3. The van der Waals surface area contributed by atoms with Crippen LogP contribution in [0.4, 0.5) is 5.69 Å². The number of methoxy groups -OCH3 is 2. The lowest BCUT2D eigenvalue weighted by atomic mass is 9.98. The molecule has 2 N–H and O–H groups in total. The van der Waals surface area contributed by atoms with Crippen LogP contribution >= 0.6 is 0 Å². The average molecular weight is 476 g/mol. The predicted molar refractivity (Wildman–Crippen MR) is 124 cm³/mol. The van der Waals surface area contributed by atoms with Crippen molar-refractivity contribution >= 4 is 27.5 Å². The van der Waals surface area contributed by atoms with E-state index in [-0.39, 0.29) is 23.3 Å². The third-order valence-corrected chi connectivity index (χ3v) is 7.35. The minimum atomic E-state index is -3.74. The van der Waals surface area contributed by atoms with Crippen molar-refractivity contribution in [1.82, 2.24) is 9.62 Å². The quantitative estimate of drug-likeness (QED) is 0.537. The summed E-state index contributed by atoms with van der Waals surface area (Å²) in [6, 6.07) is 12.9.